The van der Waals surface area contributed by atoms with Gasteiger partial charge in [-0.15, -0.1) is 0 Å². The van der Waals surface area contributed by atoms with Crippen LogP contribution in [0.5, 0.6) is 0 Å². The van der Waals surface area contributed by atoms with Crippen LogP contribution in [-0.2, 0) is 79.8 Å². The van der Waals surface area contributed by atoms with E-state index in [4.69, 9.17) is 9.47 Å². The third-order valence-electron chi connectivity index (χ3n) is 24.1. The molecule has 0 radical (unpaired) electrons. The quantitative estimate of drug-likeness (QED) is 0.0434. The zero-order valence-electron chi connectivity index (χ0n) is 67.4. The highest BCUT2D eigenvalue weighted by molar-refractivity contribution is 6.01. The number of rotatable bonds is 15. The number of carbonyl (C=O) groups is 14. The summed E-state index contributed by atoms with van der Waals surface area (Å²) in [5.41, 5.74) is -1.60. The maximum Gasteiger partial charge on any atom is 0.329 e. The van der Waals surface area contributed by atoms with Crippen molar-refractivity contribution in [3.63, 3.8) is 0 Å². The van der Waals surface area contributed by atoms with E-state index < -0.39 is 215 Å². The van der Waals surface area contributed by atoms with Crippen molar-refractivity contribution in [3.8, 4) is 0 Å². The molecule has 34 heteroatoms. The van der Waals surface area contributed by atoms with Gasteiger partial charge >= 0.3 is 18.0 Å². The summed E-state index contributed by atoms with van der Waals surface area (Å²) in [7, 11) is 0. The minimum absolute atomic E-state index is 0.00225. The van der Waals surface area contributed by atoms with Gasteiger partial charge in [-0.2, -0.15) is 0 Å². The first kappa shape index (κ1) is 86.3. The second-order valence-electron chi connectivity index (χ2n) is 33.6. The van der Waals surface area contributed by atoms with Crippen molar-refractivity contribution in [1.82, 2.24) is 61.3 Å². The maximum absolute atomic E-state index is 15.9. The molecule has 8 aliphatic rings. The van der Waals surface area contributed by atoms with Gasteiger partial charge in [-0.05, 0) is 203 Å². The molecule has 8 N–H and O–H groups in total. The number of esters is 1. The van der Waals surface area contributed by atoms with Crippen LogP contribution in [0, 0.1) is 54.9 Å². The van der Waals surface area contributed by atoms with Crippen LogP contribution >= 0.6 is 0 Å². The molecule has 8 fully saturated rings. The molecule has 8 aliphatic heterocycles. The zero-order chi connectivity index (χ0) is 84.9. The van der Waals surface area contributed by atoms with Crippen molar-refractivity contribution in [2.75, 3.05) is 56.5 Å². The molecule has 4 aromatic rings. The fraction of sp³-hybridized carbons (Fsp3) is 0.548. The number of hydrogen-bond donors (Lipinski definition) is 8. The van der Waals surface area contributed by atoms with Gasteiger partial charge in [0.05, 0.1) is 12.2 Å². The number of aryl methyl sites for hydroxylation is 2. The second-order valence-corrected chi connectivity index (χ2v) is 33.6. The summed E-state index contributed by atoms with van der Waals surface area (Å²) >= 11 is 0. The number of anilines is 2. The molecular weight excluding hydrogens is 1540 g/mol. The topological polar surface area (TPSA) is 373 Å². The Labute approximate surface area is 681 Å². The van der Waals surface area contributed by atoms with Crippen LogP contribution in [0.2, 0.25) is 0 Å². The van der Waals surface area contributed by atoms with E-state index in [1.54, 1.807) is 55.5 Å². The molecule has 0 aliphatic carbocycles. The number of nitrogens with one attached hydrogen (secondary N) is 8. The van der Waals surface area contributed by atoms with Gasteiger partial charge in [-0.3, -0.25) is 47.9 Å². The van der Waals surface area contributed by atoms with E-state index in [9.17, 15) is 51.1 Å². The number of aldehydes is 1. The number of ether oxygens (including phenoxy) is 2. The lowest BCUT2D eigenvalue weighted by Crippen LogP contribution is -2.66. The molecule has 14 amide bonds. The van der Waals surface area contributed by atoms with Crippen molar-refractivity contribution in [2.24, 2.45) is 17.8 Å². The lowest BCUT2D eigenvalue weighted by molar-refractivity contribution is -0.163. The first-order valence-corrected chi connectivity index (χ1v) is 40.6. The molecule has 8 heterocycles. The number of amides is 14. The number of fused-ring (bicyclic) bond motifs is 6. The third kappa shape index (κ3) is 19.7. The molecule has 30 nitrogen and oxygen atoms in total. The van der Waals surface area contributed by atoms with Crippen LogP contribution in [0.25, 0.3) is 0 Å². The van der Waals surface area contributed by atoms with Gasteiger partial charge in [0.15, 0.2) is 0 Å². The minimum atomic E-state index is -1.93. The Hall–Kier alpha value is -11.1. The molecule has 0 bridgehead atoms. The number of halogens is 4. The van der Waals surface area contributed by atoms with E-state index in [1.165, 1.54) is 64.0 Å². The monoisotopic (exact) mass is 1640 g/mol. The Morgan fingerprint density at radius 3 is 1.54 bits per heavy atom. The zero-order valence-corrected chi connectivity index (χ0v) is 67.4. The molecule has 2 unspecified atom stereocenters. The van der Waals surface area contributed by atoms with E-state index in [2.05, 4.69) is 42.5 Å². The lowest BCUT2D eigenvalue weighted by atomic mass is 9.82. The molecule has 16 atom stereocenters. The average molecular weight is 1640 g/mol. The first-order chi connectivity index (χ1) is 56.0. The standard InChI is InChI=1S/C84H104F4N14O16/c1-45-16-21-59(22-17-45)91-81(115)93-61(35-52-31-55(85)37-56(86)32-52)70(104)95-68-50(6)118-80(114)67-29-47(3)40-100(67)74(108)48(4)89-73(107)64-25-20-51(41-101(64)77(111)66-15-11-27-98(66)78(68)112)30-54-39-84(43-103)44-117-83(7,8)69(96-71(105)62(36-53-33-57(87)38-58(88)34-53)94-82(116)92-60-23-18-46(2)19-24-60)79(113)99-28-12-14-65(99)76(110)97-26-10-9-13-63(97)72(106)90-49(5)75(109)102(84)42-54/h16-19,21-24,31-34,37-38,43,47-51,54,61-69H,9-15,20,25-30,35-36,39-42,44H2,1-8H3,(H,89,107)(H,90,106)(H,95,104)(H,96,105)(H2,91,93,115)(H2,92,94,116)/t47-,48+,49+,50-,51?,54-,61+,62+,63+,64+,65+,66+,67+,68+,69-,84?/m1/s1. The van der Waals surface area contributed by atoms with E-state index in [1.807, 2.05) is 13.8 Å². The predicted octanol–water partition coefficient (Wildman–Crippen LogP) is 5.14. The Morgan fingerprint density at radius 1 is 0.525 bits per heavy atom. The Kier molecular flexibility index (Phi) is 26.6. The van der Waals surface area contributed by atoms with E-state index in [0.29, 0.717) is 49.1 Å². The van der Waals surface area contributed by atoms with Gasteiger partial charge in [0, 0.05) is 75.6 Å². The molecule has 8 saturated heterocycles. The highest BCUT2D eigenvalue weighted by Crippen LogP contribution is 2.41. The SMILES string of the molecule is Cc1ccc(NC(=O)N[C@@H](Cc2cc(F)cc(F)c2)C(=O)N[C@@H]2C(=O)N3CCC[C@H]3C(=O)N3CC(C[C@H]4CN5C(=O)[C@H](C)NC(=O)[C@@H]6CCCCN6C(=O)[C@@H]6CCCN6C(=O)[C@@H](NC(=O)[C@H](Cc6cc(F)cc(F)c6)NC(=O)Nc6ccc(C)cc6)C(C)(C)OCC5(C=O)C4)CC[C@H]3C(=O)N[C@@H](C)C(=O)N3C[C@H](C)C[C@H]3C(=O)O[C@@H]2C)cc1. The number of piperidine rings is 2. The van der Waals surface area contributed by atoms with Crippen LogP contribution in [0.4, 0.5) is 38.5 Å². The van der Waals surface area contributed by atoms with E-state index >= 15 is 33.6 Å². The summed E-state index contributed by atoms with van der Waals surface area (Å²) in [6.07, 6.45) is 0.0908. The number of hydrogen-bond acceptors (Lipinski definition) is 16. The third-order valence-corrected chi connectivity index (χ3v) is 24.1. The van der Waals surface area contributed by atoms with Gasteiger partial charge in [-0.1, -0.05) is 42.3 Å². The van der Waals surface area contributed by atoms with Gasteiger partial charge in [-0.25, -0.2) is 31.9 Å². The van der Waals surface area contributed by atoms with Crippen LogP contribution < -0.4 is 42.5 Å². The number of nitrogens with zero attached hydrogens (tertiary/aromatic N) is 6. The van der Waals surface area contributed by atoms with Gasteiger partial charge in [0.1, 0.15) is 108 Å². The van der Waals surface area contributed by atoms with Crippen molar-refractivity contribution in [3.05, 3.63) is 130 Å². The molecule has 4 aromatic carbocycles. The van der Waals surface area contributed by atoms with Crippen molar-refractivity contribution < 1.29 is 94.2 Å². The normalized spacial score (nSPS) is 28.5. The Bertz CT molecular complexity index is 4500. The summed E-state index contributed by atoms with van der Waals surface area (Å²) in [6.45, 7) is 11.6. The summed E-state index contributed by atoms with van der Waals surface area (Å²) in [6, 6.07) is 0.808. The summed E-state index contributed by atoms with van der Waals surface area (Å²) in [5.74, 6) is -14.4. The molecular formula is C84H104F4N14O16. The molecule has 634 valence electrons. The van der Waals surface area contributed by atoms with Crippen LogP contribution in [0.1, 0.15) is 141 Å². The number of urea groups is 2. The maximum atomic E-state index is 15.9. The molecule has 0 aromatic heterocycles. The highest BCUT2D eigenvalue weighted by atomic mass is 19.1. The second kappa shape index (κ2) is 36.4. The summed E-state index contributed by atoms with van der Waals surface area (Å²) in [4.78, 5) is 217. The van der Waals surface area contributed by atoms with Gasteiger partial charge in [0.2, 0.25) is 59.1 Å². The molecule has 118 heavy (non-hydrogen) atoms. The smallest absolute Gasteiger partial charge is 0.329 e. The highest BCUT2D eigenvalue weighted by Gasteiger charge is 2.56. The van der Waals surface area contributed by atoms with E-state index in [0.717, 1.165) is 35.4 Å². The lowest BCUT2D eigenvalue weighted by Gasteiger charge is -2.43. The Balaban J connectivity index is 0.851. The fourth-order valence-electron chi connectivity index (χ4n) is 18.0. The van der Waals surface area contributed by atoms with Crippen LogP contribution in [0.3, 0.4) is 0 Å². The predicted molar refractivity (Wildman–Crippen MR) is 419 cm³/mol. The van der Waals surface area contributed by atoms with Crippen LogP contribution in [0.15, 0.2) is 84.9 Å². The first-order valence-electron chi connectivity index (χ1n) is 40.6. The fourth-order valence-corrected chi connectivity index (χ4v) is 18.0. The number of benzene rings is 4. The summed E-state index contributed by atoms with van der Waals surface area (Å²) in [5, 5.41) is 21.5. The number of cyclic esters (lactones) is 1. The largest absolute Gasteiger partial charge is 0.458 e. The average Bonchev–Trinajstić information content (AvgIpc) is 1.53. The molecule has 0 saturated carbocycles. The molecule has 12 rings (SSSR count). The van der Waals surface area contributed by atoms with E-state index in [-0.39, 0.29) is 114 Å². The molecule has 0 spiro atoms. The Morgan fingerprint density at radius 2 is 1.00 bits per heavy atom. The van der Waals surface area contributed by atoms with Crippen molar-refractivity contribution >= 4 is 94.8 Å². The van der Waals surface area contributed by atoms with Gasteiger partial charge < -0.3 is 86.2 Å². The number of carbonyl (C=O) groups excluding carboxylic acids is 14. The van der Waals surface area contributed by atoms with Crippen LogP contribution in [-0.4, -0.2) is 242 Å². The van der Waals surface area contributed by atoms with Crippen molar-refractivity contribution in [2.45, 2.75) is 229 Å². The van der Waals surface area contributed by atoms with Gasteiger partial charge in [0.25, 0.3) is 0 Å². The van der Waals surface area contributed by atoms with Crippen molar-refractivity contribution in [1.29, 1.82) is 0 Å². The summed E-state index contributed by atoms with van der Waals surface area (Å²) < 4.78 is 72.4. The minimum Gasteiger partial charge on any atom is -0.458 e.